The van der Waals surface area contributed by atoms with Crippen LogP contribution in [0.15, 0.2) is 48.7 Å². The van der Waals surface area contributed by atoms with Crippen molar-refractivity contribution >= 4 is 22.7 Å². The van der Waals surface area contributed by atoms with Gasteiger partial charge in [0.2, 0.25) is 0 Å². The lowest BCUT2D eigenvalue weighted by Crippen LogP contribution is -2.51. The molecule has 168 valence electrons. The highest BCUT2D eigenvalue weighted by Crippen LogP contribution is 2.27. The van der Waals surface area contributed by atoms with E-state index in [1.54, 1.807) is 29.3 Å². The molecule has 2 heterocycles. The zero-order valence-corrected chi connectivity index (χ0v) is 16.9. The number of nitrogens with one attached hydrogen (secondary N) is 1. The second-order valence-electron chi connectivity index (χ2n) is 7.69. The Balaban J connectivity index is 1.51. The first-order chi connectivity index (χ1) is 15.2. The van der Waals surface area contributed by atoms with Gasteiger partial charge in [-0.3, -0.25) is 14.7 Å². The van der Waals surface area contributed by atoms with Crippen LogP contribution in [0.5, 0.6) is 0 Å². The van der Waals surface area contributed by atoms with E-state index in [2.05, 4.69) is 10.2 Å². The number of piperidine rings is 1. The molecule has 6 nitrogen and oxygen atoms in total. The Hall–Kier alpha value is -3.43. The molecular weight excluding hydrogens is 428 g/mol. The van der Waals surface area contributed by atoms with Gasteiger partial charge in [-0.25, -0.2) is 4.39 Å². The van der Waals surface area contributed by atoms with Crippen LogP contribution in [0.4, 0.5) is 17.6 Å². The lowest BCUT2D eigenvalue weighted by atomic mass is 10.00. The fourth-order valence-corrected chi connectivity index (χ4v) is 4.05. The van der Waals surface area contributed by atoms with Crippen LogP contribution in [0.3, 0.4) is 0 Å². The number of alkyl halides is 3. The topological polar surface area (TPSA) is 69.3 Å². The number of rotatable bonds is 4. The van der Waals surface area contributed by atoms with Crippen molar-refractivity contribution in [3.8, 4) is 0 Å². The van der Waals surface area contributed by atoms with Gasteiger partial charge in [0.25, 0.3) is 11.8 Å². The number of amides is 2. The van der Waals surface area contributed by atoms with Crippen LogP contribution in [-0.2, 0) is 0 Å². The zero-order chi connectivity index (χ0) is 22.9. The number of likely N-dealkylation sites (tertiary alicyclic amines) is 1. The summed E-state index contributed by atoms with van der Waals surface area (Å²) in [4.78, 5) is 28.0. The SMILES string of the molecule is O=C(c1cccc2[nH]ncc12)N1CCC(N(CC(F)(F)F)C(=O)c2ccccc2F)CC1. The number of halogens is 4. The maximum Gasteiger partial charge on any atom is 0.406 e. The van der Waals surface area contributed by atoms with Crippen molar-refractivity contribution in [2.24, 2.45) is 0 Å². The van der Waals surface area contributed by atoms with Gasteiger partial charge in [0.15, 0.2) is 0 Å². The van der Waals surface area contributed by atoms with Gasteiger partial charge in [0.05, 0.1) is 22.8 Å². The molecule has 1 aliphatic rings. The number of carbonyl (C=O) groups is 2. The Labute approximate surface area is 180 Å². The summed E-state index contributed by atoms with van der Waals surface area (Å²) in [7, 11) is 0. The summed E-state index contributed by atoms with van der Waals surface area (Å²) >= 11 is 0. The third kappa shape index (κ3) is 4.44. The Bertz CT molecular complexity index is 1140. The Morgan fingerprint density at radius 1 is 1.06 bits per heavy atom. The van der Waals surface area contributed by atoms with Gasteiger partial charge < -0.3 is 9.80 Å². The van der Waals surface area contributed by atoms with Crippen LogP contribution in [-0.4, -0.2) is 63.7 Å². The first-order valence-electron chi connectivity index (χ1n) is 10.1. The molecule has 0 atom stereocenters. The fourth-order valence-electron chi connectivity index (χ4n) is 4.05. The van der Waals surface area contributed by atoms with Gasteiger partial charge in [0.1, 0.15) is 12.4 Å². The Morgan fingerprint density at radius 2 is 1.75 bits per heavy atom. The van der Waals surface area contributed by atoms with Crippen LogP contribution in [0.1, 0.15) is 33.6 Å². The number of benzene rings is 2. The zero-order valence-electron chi connectivity index (χ0n) is 16.9. The van der Waals surface area contributed by atoms with E-state index >= 15 is 0 Å². The van der Waals surface area contributed by atoms with Gasteiger partial charge >= 0.3 is 6.18 Å². The van der Waals surface area contributed by atoms with Gasteiger partial charge in [-0.05, 0) is 37.1 Å². The average Bonchev–Trinajstić information content (AvgIpc) is 3.25. The van der Waals surface area contributed by atoms with E-state index in [4.69, 9.17) is 0 Å². The fraction of sp³-hybridized carbons (Fsp3) is 0.318. The largest absolute Gasteiger partial charge is 0.406 e. The number of nitrogens with zero attached hydrogens (tertiary/aromatic N) is 3. The maximum absolute atomic E-state index is 14.1. The number of carbonyl (C=O) groups excluding carboxylic acids is 2. The highest BCUT2D eigenvalue weighted by Gasteiger charge is 2.39. The van der Waals surface area contributed by atoms with Crippen molar-refractivity contribution in [1.82, 2.24) is 20.0 Å². The van der Waals surface area contributed by atoms with Crippen molar-refractivity contribution in [2.45, 2.75) is 25.1 Å². The van der Waals surface area contributed by atoms with E-state index in [-0.39, 0.29) is 31.8 Å². The highest BCUT2D eigenvalue weighted by atomic mass is 19.4. The van der Waals surface area contributed by atoms with Crippen LogP contribution in [0.2, 0.25) is 0 Å². The summed E-state index contributed by atoms with van der Waals surface area (Å²) in [6.45, 7) is -1.12. The smallest absolute Gasteiger partial charge is 0.338 e. The van der Waals surface area contributed by atoms with Gasteiger partial charge in [-0.15, -0.1) is 0 Å². The number of aromatic amines is 1. The van der Waals surface area contributed by atoms with Crippen LogP contribution in [0, 0.1) is 5.82 Å². The minimum Gasteiger partial charge on any atom is -0.338 e. The molecule has 1 fully saturated rings. The van der Waals surface area contributed by atoms with E-state index in [1.165, 1.54) is 18.2 Å². The lowest BCUT2D eigenvalue weighted by molar-refractivity contribution is -0.146. The molecule has 0 bridgehead atoms. The molecule has 1 N–H and O–H groups in total. The average molecular weight is 448 g/mol. The number of hydrogen-bond acceptors (Lipinski definition) is 3. The minimum absolute atomic E-state index is 0.156. The van der Waals surface area contributed by atoms with Crippen LogP contribution < -0.4 is 0 Å². The summed E-state index contributed by atoms with van der Waals surface area (Å²) in [6, 6.07) is 9.39. The van der Waals surface area contributed by atoms with Gasteiger partial charge in [-0.2, -0.15) is 18.3 Å². The van der Waals surface area contributed by atoms with Crippen molar-refractivity contribution in [2.75, 3.05) is 19.6 Å². The molecule has 2 aromatic carbocycles. The normalized spacial score (nSPS) is 15.2. The van der Waals surface area contributed by atoms with Crippen LogP contribution in [0.25, 0.3) is 10.9 Å². The molecule has 0 unspecified atom stereocenters. The second-order valence-corrected chi connectivity index (χ2v) is 7.69. The van der Waals surface area contributed by atoms with Crippen molar-refractivity contribution < 1.29 is 27.2 Å². The number of H-pyrrole nitrogens is 1. The van der Waals surface area contributed by atoms with Crippen molar-refractivity contribution in [3.63, 3.8) is 0 Å². The molecule has 3 aromatic rings. The molecule has 0 radical (unpaired) electrons. The lowest BCUT2D eigenvalue weighted by Gasteiger charge is -2.39. The molecule has 1 aliphatic heterocycles. The van der Waals surface area contributed by atoms with Gasteiger partial charge in [0, 0.05) is 24.5 Å². The second kappa shape index (κ2) is 8.60. The van der Waals surface area contributed by atoms with Gasteiger partial charge in [-0.1, -0.05) is 18.2 Å². The molecular formula is C22H20F4N4O2. The third-order valence-corrected chi connectivity index (χ3v) is 5.62. The monoisotopic (exact) mass is 448 g/mol. The van der Waals surface area contributed by atoms with Crippen LogP contribution >= 0.6 is 0 Å². The summed E-state index contributed by atoms with van der Waals surface area (Å²) in [5.41, 5.74) is 0.753. The maximum atomic E-state index is 14.1. The molecule has 32 heavy (non-hydrogen) atoms. The first kappa shape index (κ1) is 21.8. The van der Waals surface area contributed by atoms with Crippen molar-refractivity contribution in [3.05, 3.63) is 65.6 Å². The van der Waals surface area contributed by atoms with E-state index < -0.39 is 36.1 Å². The number of hydrogen-bond donors (Lipinski definition) is 1. The molecule has 1 aromatic heterocycles. The van der Waals surface area contributed by atoms with E-state index in [0.717, 1.165) is 6.07 Å². The molecule has 1 saturated heterocycles. The summed E-state index contributed by atoms with van der Waals surface area (Å²) < 4.78 is 53.7. The Morgan fingerprint density at radius 3 is 2.44 bits per heavy atom. The number of fused-ring (bicyclic) bond motifs is 1. The van der Waals surface area contributed by atoms with E-state index in [0.29, 0.717) is 21.4 Å². The standard InChI is InChI=1S/C22H20F4N4O2/c23-18-6-2-1-4-16(18)21(32)30(13-22(24,25)26)14-8-10-29(11-9-14)20(31)15-5-3-7-19-17(15)12-27-28-19/h1-7,12,14H,8-11,13H2,(H,27,28). The molecule has 2 amide bonds. The van der Waals surface area contributed by atoms with E-state index in [1.807, 2.05) is 0 Å². The predicted octanol–water partition coefficient (Wildman–Crippen LogP) is 4.01. The first-order valence-corrected chi connectivity index (χ1v) is 10.1. The number of aromatic nitrogens is 2. The molecule has 4 rings (SSSR count). The molecule has 10 heteroatoms. The molecule has 0 saturated carbocycles. The summed E-state index contributed by atoms with van der Waals surface area (Å²) in [6.07, 6.45) is -2.77. The molecule has 0 aliphatic carbocycles. The van der Waals surface area contributed by atoms with Crippen molar-refractivity contribution in [1.29, 1.82) is 0 Å². The highest BCUT2D eigenvalue weighted by molar-refractivity contribution is 6.06. The minimum atomic E-state index is -4.63. The summed E-state index contributed by atoms with van der Waals surface area (Å²) in [5, 5.41) is 7.39. The summed E-state index contributed by atoms with van der Waals surface area (Å²) in [5.74, 6) is -2.13. The molecule has 0 spiro atoms. The quantitative estimate of drug-likeness (QED) is 0.614. The predicted molar refractivity (Wildman–Crippen MR) is 109 cm³/mol. The Kier molecular flexibility index (Phi) is 5.86. The van der Waals surface area contributed by atoms with E-state index in [9.17, 15) is 27.2 Å². The third-order valence-electron chi connectivity index (χ3n) is 5.62.